The van der Waals surface area contributed by atoms with E-state index in [-0.39, 0.29) is 11.6 Å². The lowest BCUT2D eigenvalue weighted by Gasteiger charge is -2.11. The van der Waals surface area contributed by atoms with Gasteiger partial charge in [0.15, 0.2) is 5.78 Å². The molecule has 0 bridgehead atoms. The molecule has 2 aromatic carbocycles. The van der Waals surface area contributed by atoms with E-state index in [9.17, 15) is 9.18 Å². The molecule has 0 aromatic heterocycles. The highest BCUT2D eigenvalue weighted by Crippen LogP contribution is 2.30. The summed E-state index contributed by atoms with van der Waals surface area (Å²) in [5.41, 5.74) is 4.06. The Labute approximate surface area is 141 Å². The highest BCUT2D eigenvalue weighted by atomic mass is 19.1. The number of benzene rings is 2. The number of carbonyl (C=O) groups excluding carboxylic acids is 1. The molecule has 3 heteroatoms. The first-order valence-corrected chi connectivity index (χ1v) is 8.02. The van der Waals surface area contributed by atoms with Crippen LogP contribution in [0.4, 0.5) is 10.1 Å². The van der Waals surface area contributed by atoms with Crippen LogP contribution in [-0.4, -0.2) is 19.9 Å². The maximum atomic E-state index is 13.7. The predicted octanol–water partition coefficient (Wildman–Crippen LogP) is 4.72. The molecule has 2 aromatic rings. The van der Waals surface area contributed by atoms with Gasteiger partial charge in [-0.1, -0.05) is 30.3 Å². The minimum atomic E-state index is -0.297. The average molecular weight is 321 g/mol. The Balaban J connectivity index is 1.82. The van der Waals surface area contributed by atoms with Crippen LogP contribution in [0.3, 0.4) is 0 Å². The van der Waals surface area contributed by atoms with Gasteiger partial charge in [-0.15, -0.1) is 0 Å². The summed E-state index contributed by atoms with van der Waals surface area (Å²) in [7, 11) is 3.99. The van der Waals surface area contributed by atoms with Gasteiger partial charge in [0.1, 0.15) is 5.82 Å². The Morgan fingerprint density at radius 2 is 1.54 bits per heavy atom. The van der Waals surface area contributed by atoms with Crippen LogP contribution in [0.5, 0.6) is 0 Å². The van der Waals surface area contributed by atoms with Gasteiger partial charge in [0.05, 0.1) is 0 Å². The SMILES string of the molecule is CN(C)c1ccc(C=C2CCC(=Cc3ccccc3F)C2=O)cc1. The largest absolute Gasteiger partial charge is 0.378 e. The van der Waals surface area contributed by atoms with Crippen molar-refractivity contribution in [2.45, 2.75) is 12.8 Å². The zero-order valence-electron chi connectivity index (χ0n) is 13.9. The van der Waals surface area contributed by atoms with Crippen molar-refractivity contribution in [1.29, 1.82) is 0 Å². The molecule has 0 atom stereocenters. The van der Waals surface area contributed by atoms with E-state index in [1.807, 2.05) is 49.3 Å². The Morgan fingerprint density at radius 1 is 0.917 bits per heavy atom. The summed E-state index contributed by atoms with van der Waals surface area (Å²) in [6.45, 7) is 0. The fourth-order valence-corrected chi connectivity index (χ4v) is 2.83. The molecule has 24 heavy (non-hydrogen) atoms. The summed E-state index contributed by atoms with van der Waals surface area (Å²) in [6.07, 6.45) is 4.97. The number of rotatable bonds is 3. The Morgan fingerprint density at radius 3 is 2.17 bits per heavy atom. The van der Waals surface area contributed by atoms with E-state index < -0.39 is 0 Å². The van der Waals surface area contributed by atoms with Crippen LogP contribution in [0.15, 0.2) is 59.7 Å². The second-order valence-electron chi connectivity index (χ2n) is 6.18. The van der Waals surface area contributed by atoms with Gasteiger partial charge in [-0.3, -0.25) is 4.79 Å². The summed E-state index contributed by atoms with van der Waals surface area (Å²) in [5.74, 6) is -0.274. The number of allylic oxidation sites excluding steroid dienone is 2. The predicted molar refractivity (Wildman–Crippen MR) is 97.4 cm³/mol. The number of ketones is 1. The third-order valence-corrected chi connectivity index (χ3v) is 4.23. The highest BCUT2D eigenvalue weighted by Gasteiger charge is 2.23. The van der Waals surface area contributed by atoms with Gasteiger partial charge in [0, 0.05) is 36.5 Å². The molecule has 0 unspecified atom stereocenters. The highest BCUT2D eigenvalue weighted by molar-refractivity contribution is 6.15. The van der Waals surface area contributed by atoms with Gasteiger partial charge < -0.3 is 4.90 Å². The van der Waals surface area contributed by atoms with E-state index in [0.717, 1.165) is 16.8 Å². The summed E-state index contributed by atoms with van der Waals surface area (Å²) in [4.78, 5) is 14.6. The van der Waals surface area contributed by atoms with Crippen LogP contribution in [0, 0.1) is 5.82 Å². The Hall–Kier alpha value is -2.68. The van der Waals surface area contributed by atoms with Crippen LogP contribution < -0.4 is 4.90 Å². The normalized spacial score (nSPS) is 17.7. The van der Waals surface area contributed by atoms with Crippen molar-refractivity contribution in [3.05, 3.63) is 76.6 Å². The second kappa shape index (κ2) is 6.83. The molecule has 3 rings (SSSR count). The zero-order chi connectivity index (χ0) is 17.1. The van der Waals surface area contributed by atoms with Gasteiger partial charge in [0.2, 0.25) is 0 Å². The fourth-order valence-electron chi connectivity index (χ4n) is 2.83. The number of nitrogens with zero attached hydrogens (tertiary/aromatic N) is 1. The lowest BCUT2D eigenvalue weighted by molar-refractivity contribution is -0.111. The summed E-state index contributed by atoms with van der Waals surface area (Å²) in [5, 5.41) is 0. The van der Waals surface area contributed by atoms with E-state index in [0.29, 0.717) is 24.0 Å². The van der Waals surface area contributed by atoms with Crippen molar-refractivity contribution in [3.8, 4) is 0 Å². The summed E-state index contributed by atoms with van der Waals surface area (Å²) < 4.78 is 13.7. The van der Waals surface area contributed by atoms with Gasteiger partial charge in [-0.05, 0) is 48.8 Å². The molecule has 0 saturated heterocycles. The maximum Gasteiger partial charge on any atom is 0.185 e. The van der Waals surface area contributed by atoms with Crippen molar-refractivity contribution >= 4 is 23.6 Å². The lowest BCUT2D eigenvalue weighted by atomic mass is 10.1. The van der Waals surface area contributed by atoms with Crippen molar-refractivity contribution in [2.75, 3.05) is 19.0 Å². The molecular weight excluding hydrogens is 301 g/mol. The molecule has 2 nitrogen and oxygen atoms in total. The number of hydrogen-bond donors (Lipinski definition) is 0. The number of hydrogen-bond acceptors (Lipinski definition) is 2. The number of halogens is 1. The van der Waals surface area contributed by atoms with Crippen molar-refractivity contribution in [1.82, 2.24) is 0 Å². The molecule has 0 heterocycles. The Bertz CT molecular complexity index is 816. The molecular formula is C21H20FNO. The van der Waals surface area contributed by atoms with Gasteiger partial charge in [-0.2, -0.15) is 0 Å². The molecule has 0 radical (unpaired) electrons. The molecule has 0 N–H and O–H groups in total. The quantitative estimate of drug-likeness (QED) is 0.762. The molecule has 1 aliphatic carbocycles. The van der Waals surface area contributed by atoms with Crippen LogP contribution >= 0.6 is 0 Å². The average Bonchev–Trinajstić information content (AvgIpc) is 2.91. The first-order chi connectivity index (χ1) is 11.5. The Kier molecular flexibility index (Phi) is 4.61. The van der Waals surface area contributed by atoms with Crippen LogP contribution in [-0.2, 0) is 4.79 Å². The van der Waals surface area contributed by atoms with E-state index in [1.165, 1.54) is 6.07 Å². The van der Waals surface area contributed by atoms with Gasteiger partial charge >= 0.3 is 0 Å². The molecule has 0 aliphatic heterocycles. The lowest BCUT2D eigenvalue weighted by Crippen LogP contribution is -2.07. The monoisotopic (exact) mass is 321 g/mol. The maximum absolute atomic E-state index is 13.7. The number of anilines is 1. The molecule has 0 spiro atoms. The van der Waals surface area contributed by atoms with Crippen LogP contribution in [0.2, 0.25) is 0 Å². The zero-order valence-corrected chi connectivity index (χ0v) is 13.9. The fraction of sp³-hybridized carbons (Fsp3) is 0.190. The topological polar surface area (TPSA) is 20.3 Å². The van der Waals surface area contributed by atoms with Crippen LogP contribution in [0.25, 0.3) is 12.2 Å². The third kappa shape index (κ3) is 3.46. The first-order valence-electron chi connectivity index (χ1n) is 8.02. The standard InChI is InChI=1S/C21H20FNO/c1-23(2)19-11-7-15(8-12-19)13-17-9-10-18(21(17)24)14-16-5-3-4-6-20(16)22/h3-8,11-14H,9-10H2,1-2H3. The molecule has 1 saturated carbocycles. The van der Waals surface area contributed by atoms with Gasteiger partial charge in [0.25, 0.3) is 0 Å². The van der Waals surface area contributed by atoms with Gasteiger partial charge in [-0.25, -0.2) is 4.39 Å². The van der Waals surface area contributed by atoms with E-state index in [4.69, 9.17) is 0 Å². The van der Waals surface area contributed by atoms with E-state index in [2.05, 4.69) is 0 Å². The minimum Gasteiger partial charge on any atom is -0.378 e. The first kappa shape index (κ1) is 16.2. The molecule has 1 fully saturated rings. The molecule has 122 valence electrons. The minimum absolute atomic E-state index is 0.0231. The van der Waals surface area contributed by atoms with E-state index >= 15 is 0 Å². The van der Waals surface area contributed by atoms with Crippen molar-refractivity contribution < 1.29 is 9.18 Å². The summed E-state index contributed by atoms with van der Waals surface area (Å²) in [6, 6.07) is 14.6. The van der Waals surface area contributed by atoms with Crippen molar-refractivity contribution in [2.24, 2.45) is 0 Å². The van der Waals surface area contributed by atoms with Crippen molar-refractivity contribution in [3.63, 3.8) is 0 Å². The smallest absolute Gasteiger partial charge is 0.185 e. The number of carbonyl (C=O) groups is 1. The van der Waals surface area contributed by atoms with Crippen LogP contribution in [0.1, 0.15) is 24.0 Å². The number of Topliss-reactive ketones (excluding diaryl/α,β-unsaturated/α-hetero) is 1. The molecule has 0 amide bonds. The molecule has 1 aliphatic rings. The summed E-state index contributed by atoms with van der Waals surface area (Å²) >= 11 is 0. The second-order valence-corrected chi connectivity index (χ2v) is 6.18. The third-order valence-electron chi connectivity index (χ3n) is 4.23. The van der Waals surface area contributed by atoms with E-state index in [1.54, 1.807) is 24.3 Å².